The zero-order valence-corrected chi connectivity index (χ0v) is 16.4. The largest absolute Gasteiger partial charge is 0.479 e. The molecular weight excluding hydrogens is 396 g/mol. The zero-order chi connectivity index (χ0) is 22.4. The molecule has 1 aromatic rings. The number of rotatable bonds is 8. The number of carbonyl (C=O) groups is 2. The Kier molecular flexibility index (Phi) is 7.49. The van der Waals surface area contributed by atoms with E-state index in [0.717, 1.165) is 4.57 Å². The predicted molar refractivity (Wildman–Crippen MR) is 107 cm³/mol. The van der Waals surface area contributed by atoms with Crippen molar-refractivity contribution in [2.45, 2.75) is 37.3 Å². The zero-order valence-electron chi connectivity index (χ0n) is 16.4. The highest BCUT2D eigenvalue weighted by atomic mass is 16.5. The van der Waals surface area contributed by atoms with Crippen LogP contribution in [-0.4, -0.2) is 69.2 Å². The Morgan fingerprint density at radius 1 is 1.47 bits per heavy atom. The van der Waals surface area contributed by atoms with E-state index in [4.69, 9.17) is 27.3 Å². The molecule has 0 radical (unpaired) electrons. The number of nitrogen functional groups attached to an aromatic ring is 1. The van der Waals surface area contributed by atoms with Gasteiger partial charge in [-0.15, -0.1) is 0 Å². The third-order valence-electron chi connectivity index (χ3n) is 4.49. The van der Waals surface area contributed by atoms with Crippen LogP contribution in [0.4, 0.5) is 5.82 Å². The number of carbonyl (C=O) groups excluding carboxylic acids is 1. The van der Waals surface area contributed by atoms with Crippen molar-refractivity contribution >= 4 is 23.7 Å². The number of hydrogen-bond acceptors (Lipinski definition) is 8. The first-order valence-electron chi connectivity index (χ1n) is 9.10. The van der Waals surface area contributed by atoms with Gasteiger partial charge >= 0.3 is 11.7 Å². The van der Waals surface area contributed by atoms with E-state index in [1.165, 1.54) is 29.3 Å². The van der Waals surface area contributed by atoms with Crippen molar-refractivity contribution in [3.05, 3.63) is 34.9 Å². The summed E-state index contributed by atoms with van der Waals surface area (Å²) in [4.78, 5) is 40.9. The van der Waals surface area contributed by atoms with Gasteiger partial charge in [0.1, 0.15) is 5.82 Å². The van der Waals surface area contributed by atoms with Gasteiger partial charge in [0, 0.05) is 32.3 Å². The van der Waals surface area contributed by atoms with Crippen LogP contribution in [0.1, 0.15) is 19.1 Å². The third-order valence-corrected chi connectivity index (χ3v) is 4.49. The van der Waals surface area contributed by atoms with Crippen LogP contribution in [0.2, 0.25) is 0 Å². The lowest BCUT2D eigenvalue weighted by atomic mass is 10.1. The van der Waals surface area contributed by atoms with Crippen LogP contribution in [0.5, 0.6) is 0 Å². The van der Waals surface area contributed by atoms with E-state index in [1.807, 2.05) is 0 Å². The van der Waals surface area contributed by atoms with Crippen LogP contribution in [0.25, 0.3) is 0 Å². The molecule has 1 aliphatic heterocycles. The van der Waals surface area contributed by atoms with Gasteiger partial charge in [0.15, 0.2) is 18.3 Å². The fraction of sp³-hybridized carbons (Fsp3) is 0.471. The minimum atomic E-state index is -1.42. The number of amides is 1. The van der Waals surface area contributed by atoms with E-state index in [-0.39, 0.29) is 18.2 Å². The molecule has 1 aromatic heterocycles. The average molecular weight is 422 g/mol. The number of nitrogens with two attached hydrogens (primary N) is 3. The van der Waals surface area contributed by atoms with E-state index in [9.17, 15) is 19.5 Å². The summed E-state index contributed by atoms with van der Waals surface area (Å²) < 4.78 is 6.57. The molecule has 1 aliphatic rings. The van der Waals surface area contributed by atoms with Crippen LogP contribution in [0.3, 0.4) is 0 Å². The van der Waals surface area contributed by atoms with Gasteiger partial charge in [0.25, 0.3) is 0 Å². The van der Waals surface area contributed by atoms with Gasteiger partial charge in [-0.25, -0.2) is 9.59 Å². The molecule has 1 amide bonds. The van der Waals surface area contributed by atoms with E-state index in [0.29, 0.717) is 13.0 Å². The van der Waals surface area contributed by atoms with Crippen LogP contribution < -0.4 is 28.2 Å². The summed E-state index contributed by atoms with van der Waals surface area (Å²) in [5.41, 5.74) is 16.0. The normalized spacial score (nSPS) is 21.6. The first-order valence-corrected chi connectivity index (χ1v) is 9.10. The lowest BCUT2D eigenvalue weighted by molar-refractivity contribution is -0.159. The van der Waals surface area contributed by atoms with Gasteiger partial charge in [0.05, 0.1) is 6.04 Å². The topological polar surface area (TPSA) is 216 Å². The van der Waals surface area contributed by atoms with Gasteiger partial charge in [-0.1, -0.05) is 6.08 Å². The van der Waals surface area contributed by atoms with Crippen molar-refractivity contribution in [1.29, 1.82) is 5.41 Å². The molecule has 0 aliphatic carbocycles. The van der Waals surface area contributed by atoms with E-state index in [2.05, 4.69) is 10.3 Å². The molecule has 0 spiro atoms. The Hall–Kier alpha value is -3.45. The molecule has 0 saturated carbocycles. The van der Waals surface area contributed by atoms with Crippen LogP contribution in [0.15, 0.2) is 29.2 Å². The van der Waals surface area contributed by atoms with Crippen molar-refractivity contribution in [1.82, 2.24) is 19.8 Å². The standard InChI is InChI=1S/C17H26N8O5/c1-24(16(20)21)6-4-9(18)8-12(26)22-10-2-3-13(30-14(10)15(27)28)25-7-5-11(19)23-17(25)29/h2-3,5,7,9-10,13-14H,4,6,8,18H2,1H3,(H3,20,21)(H,22,26)(H,27,28)(H2,19,23,29)/t9?,10-,13+,14?/m0/s1. The number of guanidine groups is 1. The molecule has 2 rings (SSSR count). The quantitative estimate of drug-likeness (QED) is 0.151. The smallest absolute Gasteiger partial charge is 0.351 e. The number of carboxylic acid groups (broad SMARTS) is 1. The van der Waals surface area contributed by atoms with E-state index in [1.54, 1.807) is 7.05 Å². The molecule has 4 atom stereocenters. The SMILES string of the molecule is CN(CCC(N)CC(=O)N[C@H]1C=C[C@H](n2ccc(N)nc2=O)OC1C(=O)O)C(=N)N. The molecule has 0 aromatic carbocycles. The molecule has 13 heteroatoms. The van der Waals surface area contributed by atoms with Crippen molar-refractivity contribution in [3.8, 4) is 0 Å². The van der Waals surface area contributed by atoms with Gasteiger partial charge in [-0.05, 0) is 18.6 Å². The molecule has 9 N–H and O–H groups in total. The fourth-order valence-electron chi connectivity index (χ4n) is 2.77. The van der Waals surface area contributed by atoms with Gasteiger partial charge in [-0.2, -0.15) is 4.98 Å². The average Bonchev–Trinajstić information content (AvgIpc) is 2.66. The van der Waals surface area contributed by atoms with Crippen LogP contribution in [0, 0.1) is 5.41 Å². The van der Waals surface area contributed by atoms with Gasteiger partial charge in [-0.3, -0.25) is 14.8 Å². The number of ether oxygens (including phenoxy) is 1. The number of hydrogen-bond donors (Lipinski definition) is 6. The Morgan fingerprint density at radius 3 is 2.77 bits per heavy atom. The molecule has 2 unspecified atom stereocenters. The monoisotopic (exact) mass is 422 g/mol. The second-order valence-corrected chi connectivity index (χ2v) is 6.87. The predicted octanol–water partition coefficient (Wildman–Crippen LogP) is -2.22. The summed E-state index contributed by atoms with van der Waals surface area (Å²) in [6, 6.07) is -0.0702. The van der Waals surface area contributed by atoms with Crippen LogP contribution in [-0.2, 0) is 14.3 Å². The third kappa shape index (κ3) is 6.02. The summed E-state index contributed by atoms with van der Waals surface area (Å²) in [5.74, 6) is -1.84. The first-order chi connectivity index (χ1) is 14.1. The number of carboxylic acids is 1. The molecule has 2 heterocycles. The molecule has 0 bridgehead atoms. The lowest BCUT2D eigenvalue weighted by Gasteiger charge is -2.31. The maximum Gasteiger partial charge on any atom is 0.351 e. The number of aromatic nitrogens is 2. The molecule has 0 fully saturated rings. The molecular formula is C17H26N8O5. The molecule has 30 heavy (non-hydrogen) atoms. The summed E-state index contributed by atoms with van der Waals surface area (Å²) in [5, 5.41) is 19.4. The maximum atomic E-state index is 12.3. The second-order valence-electron chi connectivity index (χ2n) is 6.87. The minimum absolute atomic E-state index is 0.0294. The summed E-state index contributed by atoms with van der Waals surface area (Å²) in [7, 11) is 1.63. The minimum Gasteiger partial charge on any atom is -0.479 e. The lowest BCUT2D eigenvalue weighted by Crippen LogP contribution is -2.51. The van der Waals surface area contributed by atoms with Gasteiger partial charge < -0.3 is 37.3 Å². The highest BCUT2D eigenvalue weighted by molar-refractivity contribution is 5.80. The summed E-state index contributed by atoms with van der Waals surface area (Å²) >= 11 is 0. The van der Waals surface area contributed by atoms with E-state index < -0.39 is 42.0 Å². The maximum absolute atomic E-state index is 12.3. The Labute approximate surface area is 172 Å². The van der Waals surface area contributed by atoms with Gasteiger partial charge in [0.2, 0.25) is 5.91 Å². The Bertz CT molecular complexity index is 885. The second kappa shape index (κ2) is 9.84. The Balaban J connectivity index is 2.01. The number of aliphatic carboxylic acids is 1. The summed E-state index contributed by atoms with van der Waals surface area (Å²) in [6.45, 7) is 0.403. The summed E-state index contributed by atoms with van der Waals surface area (Å²) in [6.07, 6.45) is 2.17. The van der Waals surface area contributed by atoms with E-state index >= 15 is 0 Å². The molecule has 13 nitrogen and oxygen atoms in total. The highest BCUT2D eigenvalue weighted by Gasteiger charge is 2.35. The highest BCUT2D eigenvalue weighted by Crippen LogP contribution is 2.20. The molecule has 0 saturated heterocycles. The van der Waals surface area contributed by atoms with Crippen molar-refractivity contribution in [2.75, 3.05) is 19.3 Å². The van der Waals surface area contributed by atoms with Crippen molar-refractivity contribution in [3.63, 3.8) is 0 Å². The Morgan fingerprint density at radius 2 is 2.17 bits per heavy atom. The van der Waals surface area contributed by atoms with Crippen LogP contribution >= 0.6 is 0 Å². The number of nitrogens with one attached hydrogen (secondary N) is 2. The van der Waals surface area contributed by atoms with Crippen molar-refractivity contribution < 1.29 is 19.4 Å². The number of nitrogens with zero attached hydrogens (tertiary/aromatic N) is 3. The van der Waals surface area contributed by atoms with Crippen molar-refractivity contribution in [2.24, 2.45) is 11.5 Å². The first kappa shape index (κ1) is 22.8. The fourth-order valence-corrected chi connectivity index (χ4v) is 2.77. The molecule has 164 valence electrons. The number of anilines is 1.